The first-order valence-corrected chi connectivity index (χ1v) is 12.2. The summed E-state index contributed by atoms with van der Waals surface area (Å²) < 4.78 is 16.9. The Labute approximate surface area is 206 Å². The van der Waals surface area contributed by atoms with Crippen LogP contribution in [0.4, 0.5) is 0 Å². The van der Waals surface area contributed by atoms with Gasteiger partial charge in [0, 0.05) is 16.0 Å². The van der Waals surface area contributed by atoms with Crippen LogP contribution in [0.25, 0.3) is 0 Å². The van der Waals surface area contributed by atoms with E-state index in [0.29, 0.717) is 11.1 Å². The van der Waals surface area contributed by atoms with E-state index in [2.05, 4.69) is 31.9 Å². The van der Waals surface area contributed by atoms with E-state index in [1.807, 2.05) is 0 Å². The van der Waals surface area contributed by atoms with Crippen LogP contribution in [0.15, 0.2) is 53.0 Å². The number of ether oxygens (including phenoxy) is 3. The van der Waals surface area contributed by atoms with Gasteiger partial charge >= 0.3 is 17.9 Å². The Morgan fingerprint density at radius 3 is 2.33 bits per heavy atom. The number of hydrogen-bond acceptors (Lipinski definition) is 7. The lowest BCUT2D eigenvalue weighted by Gasteiger charge is -2.26. The van der Waals surface area contributed by atoms with Crippen molar-refractivity contribution >= 4 is 55.6 Å². The summed E-state index contributed by atoms with van der Waals surface area (Å²) in [6, 6.07) is 12.8. The molecule has 2 aromatic rings. The zero-order chi connectivity index (χ0) is 23.3. The molecule has 0 amide bonds. The molecule has 1 heterocycles. The standard InChI is InChI=1S/C24H18Br2O7/c25-13-5-1-12(2-6-13)22(28)32-14-7-3-11(4-8-14)17(27)10-31-23(29)18-15-9-16-19(18)24(30)33-21(16)20(15)26/h1-8,15-16,18-21H,9-10H2/t15-,16-,18-,19-,20+,21+/m1/s1. The van der Waals surface area contributed by atoms with Gasteiger partial charge in [0.15, 0.2) is 12.4 Å². The van der Waals surface area contributed by atoms with Crippen molar-refractivity contribution in [1.82, 2.24) is 0 Å². The third-order valence-corrected chi connectivity index (χ3v) is 8.34. The third kappa shape index (κ3) is 4.01. The highest BCUT2D eigenvalue weighted by Crippen LogP contribution is 2.60. The van der Waals surface area contributed by atoms with Crippen LogP contribution in [0.3, 0.4) is 0 Å². The van der Waals surface area contributed by atoms with Gasteiger partial charge < -0.3 is 14.2 Å². The van der Waals surface area contributed by atoms with Gasteiger partial charge in [0.05, 0.1) is 22.2 Å². The summed E-state index contributed by atoms with van der Waals surface area (Å²) in [5.41, 5.74) is 0.715. The quantitative estimate of drug-likeness (QED) is 0.222. The smallest absolute Gasteiger partial charge is 0.343 e. The Balaban J connectivity index is 1.17. The monoisotopic (exact) mass is 576 g/mol. The zero-order valence-corrected chi connectivity index (χ0v) is 20.3. The molecule has 1 aliphatic heterocycles. The van der Waals surface area contributed by atoms with Gasteiger partial charge in [-0.3, -0.25) is 14.4 Å². The average molecular weight is 578 g/mol. The van der Waals surface area contributed by atoms with E-state index in [-0.39, 0.29) is 40.3 Å². The summed E-state index contributed by atoms with van der Waals surface area (Å²) in [6.45, 7) is -0.428. The highest BCUT2D eigenvalue weighted by Gasteiger charge is 2.68. The second kappa shape index (κ2) is 8.68. The number of hydrogen-bond donors (Lipinski definition) is 0. The molecular weight excluding hydrogens is 560 g/mol. The minimum atomic E-state index is -0.584. The minimum absolute atomic E-state index is 0.0289. The van der Waals surface area contributed by atoms with Crippen LogP contribution in [-0.2, 0) is 19.1 Å². The number of ketones is 1. The summed E-state index contributed by atoms with van der Waals surface area (Å²) in [7, 11) is 0. The number of carbonyl (C=O) groups is 4. The first kappa shape index (κ1) is 22.3. The van der Waals surface area contributed by atoms with Gasteiger partial charge in [-0.05, 0) is 60.9 Å². The van der Waals surface area contributed by atoms with E-state index in [1.54, 1.807) is 24.3 Å². The van der Waals surface area contributed by atoms with Crippen LogP contribution in [0.1, 0.15) is 27.1 Å². The second-order valence-electron chi connectivity index (χ2n) is 8.41. The Bertz CT molecular complexity index is 1130. The van der Waals surface area contributed by atoms with Crippen LogP contribution < -0.4 is 4.74 Å². The van der Waals surface area contributed by atoms with Crippen molar-refractivity contribution in [1.29, 1.82) is 0 Å². The maximum Gasteiger partial charge on any atom is 0.343 e. The van der Waals surface area contributed by atoms with E-state index in [0.717, 1.165) is 10.9 Å². The zero-order valence-electron chi connectivity index (χ0n) is 17.1. The summed E-state index contributed by atoms with van der Waals surface area (Å²) >= 11 is 6.86. The van der Waals surface area contributed by atoms with E-state index >= 15 is 0 Å². The first-order valence-electron chi connectivity index (χ1n) is 10.5. The Morgan fingerprint density at radius 2 is 1.64 bits per heavy atom. The summed E-state index contributed by atoms with van der Waals surface area (Å²) in [6.07, 6.45) is 0.570. The van der Waals surface area contributed by atoms with Gasteiger partial charge in [-0.1, -0.05) is 31.9 Å². The lowest BCUT2D eigenvalue weighted by Crippen LogP contribution is -2.39. The van der Waals surface area contributed by atoms with Crippen molar-refractivity contribution in [3.63, 3.8) is 0 Å². The molecule has 7 nitrogen and oxygen atoms in total. The van der Waals surface area contributed by atoms with Crippen molar-refractivity contribution in [2.75, 3.05) is 6.61 Å². The van der Waals surface area contributed by atoms with Crippen molar-refractivity contribution in [2.24, 2.45) is 23.7 Å². The molecule has 9 heteroatoms. The third-order valence-electron chi connectivity index (χ3n) is 6.61. The Hall–Kier alpha value is -2.52. The van der Waals surface area contributed by atoms with Crippen molar-refractivity contribution in [2.45, 2.75) is 17.4 Å². The average Bonchev–Trinajstić information content (AvgIpc) is 3.42. The molecule has 3 aliphatic rings. The van der Waals surface area contributed by atoms with Gasteiger partial charge in [-0.2, -0.15) is 0 Å². The molecule has 170 valence electrons. The molecule has 2 aliphatic carbocycles. The topological polar surface area (TPSA) is 96.0 Å². The molecule has 2 aromatic carbocycles. The molecular formula is C24H18Br2O7. The summed E-state index contributed by atoms with van der Waals surface area (Å²) in [5.74, 6) is -2.56. The SMILES string of the molecule is O=C(COC(=O)[C@@H]1[C@H]2C[C@H]3[C@H](OC(=O)[C@H]31)[C@H]2Br)c1ccc(OC(=O)c2ccc(Br)cc2)cc1. The second-order valence-corrected chi connectivity index (χ2v) is 10.4. The van der Waals surface area contributed by atoms with Gasteiger partial charge in [0.2, 0.25) is 0 Å². The number of Topliss-reactive ketones (excluding diaryl/α,β-unsaturated/α-hetero) is 1. The molecule has 0 aromatic heterocycles. The minimum Gasteiger partial charge on any atom is -0.461 e. The van der Waals surface area contributed by atoms with E-state index in [4.69, 9.17) is 14.2 Å². The normalized spacial score (nSPS) is 29.0. The molecule has 0 spiro atoms. The molecule has 33 heavy (non-hydrogen) atoms. The van der Waals surface area contributed by atoms with Crippen LogP contribution in [0.2, 0.25) is 0 Å². The maximum atomic E-state index is 12.7. The van der Waals surface area contributed by atoms with Crippen molar-refractivity contribution in [3.8, 4) is 5.75 Å². The number of benzene rings is 2. The Kier molecular flexibility index (Phi) is 5.86. The van der Waals surface area contributed by atoms with Gasteiger partial charge in [-0.25, -0.2) is 4.79 Å². The molecule has 3 fully saturated rings. The largest absolute Gasteiger partial charge is 0.461 e. The number of esters is 3. The molecule has 0 unspecified atom stereocenters. The molecule has 2 saturated carbocycles. The number of fused-ring (bicyclic) bond motifs is 1. The molecule has 2 bridgehead atoms. The predicted molar refractivity (Wildman–Crippen MR) is 122 cm³/mol. The van der Waals surface area contributed by atoms with Gasteiger partial charge in [0.25, 0.3) is 0 Å². The molecule has 6 atom stereocenters. The fraction of sp³-hybridized carbons (Fsp3) is 0.333. The van der Waals surface area contributed by atoms with E-state index < -0.39 is 30.4 Å². The first-order chi connectivity index (χ1) is 15.8. The highest BCUT2D eigenvalue weighted by molar-refractivity contribution is 9.10. The fourth-order valence-corrected chi connectivity index (χ4v) is 6.38. The van der Waals surface area contributed by atoms with Crippen LogP contribution in [0.5, 0.6) is 5.75 Å². The number of alkyl halides is 1. The predicted octanol–water partition coefficient (Wildman–Crippen LogP) is 3.97. The lowest BCUT2D eigenvalue weighted by molar-refractivity contribution is -0.154. The van der Waals surface area contributed by atoms with E-state index in [1.165, 1.54) is 24.3 Å². The van der Waals surface area contributed by atoms with Crippen LogP contribution in [0, 0.1) is 23.7 Å². The van der Waals surface area contributed by atoms with Gasteiger partial charge in [-0.15, -0.1) is 0 Å². The van der Waals surface area contributed by atoms with Crippen molar-refractivity contribution < 1.29 is 33.4 Å². The highest BCUT2D eigenvalue weighted by atomic mass is 79.9. The molecule has 1 saturated heterocycles. The van der Waals surface area contributed by atoms with E-state index in [9.17, 15) is 19.2 Å². The van der Waals surface area contributed by atoms with Crippen LogP contribution >= 0.6 is 31.9 Å². The number of carbonyl (C=O) groups excluding carboxylic acids is 4. The van der Waals surface area contributed by atoms with Crippen LogP contribution in [-0.4, -0.2) is 41.2 Å². The number of rotatable bonds is 6. The Morgan fingerprint density at radius 1 is 0.970 bits per heavy atom. The lowest BCUT2D eigenvalue weighted by atomic mass is 9.80. The molecule has 0 N–H and O–H groups in total. The number of halogens is 2. The summed E-state index contributed by atoms with van der Waals surface area (Å²) in [4.78, 5) is 49.5. The summed E-state index contributed by atoms with van der Waals surface area (Å²) in [5, 5.41) is 0. The molecule has 5 rings (SSSR count). The molecule has 0 radical (unpaired) electrons. The van der Waals surface area contributed by atoms with Gasteiger partial charge in [0.1, 0.15) is 11.9 Å². The van der Waals surface area contributed by atoms with Crippen molar-refractivity contribution in [3.05, 3.63) is 64.1 Å². The maximum absolute atomic E-state index is 12.7. The fourth-order valence-electron chi connectivity index (χ4n) is 5.07.